The second-order valence-electron chi connectivity index (χ2n) is 7.92. The van der Waals surface area contributed by atoms with Crippen molar-refractivity contribution < 1.29 is 23.9 Å². The number of halogens is 1. The highest BCUT2D eigenvalue weighted by atomic mass is 127. The third-order valence-electron chi connectivity index (χ3n) is 5.33. The topological polar surface area (TPSA) is 97.0 Å². The number of carbonyl (C=O) groups excluding carboxylic acids is 3. The van der Waals surface area contributed by atoms with Crippen LogP contribution in [-0.4, -0.2) is 35.2 Å². The van der Waals surface area contributed by atoms with Crippen molar-refractivity contribution in [1.82, 2.24) is 15.8 Å². The van der Waals surface area contributed by atoms with Gasteiger partial charge in [0.25, 0.3) is 5.91 Å². The standard InChI is InChI=1S/C26H24IN3O5/c27-20-13-11-18(12-14-20)15-22(28-26(33)34-17-19-7-3-1-4-8-19)25(32)29-30-23(31)16-24(30)35-21-9-5-2-6-10-21/h1-14,22,24H,15-17H2,(H,28,33)(H,29,32)/t22-,24?/m0/s1. The van der Waals surface area contributed by atoms with Crippen LogP contribution in [0.4, 0.5) is 4.79 Å². The molecule has 0 saturated carbocycles. The average molecular weight is 585 g/mol. The van der Waals surface area contributed by atoms with Gasteiger partial charge in [-0.1, -0.05) is 60.7 Å². The number of β-lactam (4-membered cyclic amide) rings is 1. The summed E-state index contributed by atoms with van der Waals surface area (Å²) >= 11 is 2.19. The number of para-hydroxylation sites is 1. The summed E-state index contributed by atoms with van der Waals surface area (Å²) < 4.78 is 12.1. The van der Waals surface area contributed by atoms with Crippen molar-refractivity contribution >= 4 is 40.5 Å². The van der Waals surface area contributed by atoms with Crippen molar-refractivity contribution in [2.75, 3.05) is 0 Å². The predicted molar refractivity (Wildman–Crippen MR) is 137 cm³/mol. The first-order chi connectivity index (χ1) is 17.0. The molecule has 2 atom stereocenters. The molecule has 1 saturated heterocycles. The first-order valence-corrected chi connectivity index (χ1v) is 12.1. The van der Waals surface area contributed by atoms with Gasteiger partial charge in [-0.05, 0) is 58.0 Å². The molecule has 3 aromatic carbocycles. The monoisotopic (exact) mass is 585 g/mol. The lowest BCUT2D eigenvalue weighted by Crippen LogP contribution is -2.65. The molecule has 3 aromatic rings. The second-order valence-corrected chi connectivity index (χ2v) is 9.16. The van der Waals surface area contributed by atoms with Crippen LogP contribution in [0, 0.1) is 3.57 Å². The van der Waals surface area contributed by atoms with Gasteiger partial charge in [-0.3, -0.25) is 15.0 Å². The molecule has 1 fully saturated rings. The number of ether oxygens (including phenoxy) is 2. The maximum absolute atomic E-state index is 13.1. The van der Waals surface area contributed by atoms with E-state index in [1.807, 2.05) is 72.8 Å². The number of carbonyl (C=O) groups is 3. The summed E-state index contributed by atoms with van der Waals surface area (Å²) in [5.41, 5.74) is 4.27. The van der Waals surface area contributed by atoms with Crippen LogP contribution < -0.4 is 15.5 Å². The molecule has 4 rings (SSSR count). The first-order valence-electron chi connectivity index (χ1n) is 11.0. The Morgan fingerprint density at radius 3 is 2.26 bits per heavy atom. The average Bonchev–Trinajstić information content (AvgIpc) is 2.88. The Hall–Kier alpha value is -3.60. The summed E-state index contributed by atoms with van der Waals surface area (Å²) in [6.07, 6.45) is -0.997. The molecule has 180 valence electrons. The Bertz CT molecular complexity index is 1160. The van der Waals surface area contributed by atoms with Gasteiger partial charge in [0.1, 0.15) is 18.4 Å². The lowest BCUT2D eigenvalue weighted by Gasteiger charge is -2.40. The van der Waals surface area contributed by atoms with Gasteiger partial charge in [-0.15, -0.1) is 0 Å². The highest BCUT2D eigenvalue weighted by Gasteiger charge is 2.40. The summed E-state index contributed by atoms with van der Waals surface area (Å²) in [5, 5.41) is 3.78. The number of hydrogen-bond donors (Lipinski definition) is 2. The van der Waals surface area contributed by atoms with Gasteiger partial charge in [0.15, 0.2) is 0 Å². The highest BCUT2D eigenvalue weighted by molar-refractivity contribution is 14.1. The molecule has 1 aliphatic rings. The molecule has 3 amide bonds. The zero-order chi connectivity index (χ0) is 24.6. The molecule has 35 heavy (non-hydrogen) atoms. The van der Waals surface area contributed by atoms with Gasteiger partial charge in [-0.25, -0.2) is 9.80 Å². The van der Waals surface area contributed by atoms with Crippen molar-refractivity contribution in [3.63, 3.8) is 0 Å². The lowest BCUT2D eigenvalue weighted by atomic mass is 10.1. The highest BCUT2D eigenvalue weighted by Crippen LogP contribution is 2.22. The minimum Gasteiger partial charge on any atom is -0.468 e. The number of hydrogen-bond acceptors (Lipinski definition) is 5. The van der Waals surface area contributed by atoms with Gasteiger partial charge in [0.05, 0.1) is 6.42 Å². The predicted octanol–water partition coefficient (Wildman–Crippen LogP) is 3.80. The Morgan fingerprint density at radius 2 is 1.60 bits per heavy atom. The van der Waals surface area contributed by atoms with E-state index in [2.05, 4.69) is 33.3 Å². The molecule has 2 N–H and O–H groups in total. The van der Waals surface area contributed by atoms with Crippen molar-refractivity contribution in [2.24, 2.45) is 0 Å². The summed E-state index contributed by atoms with van der Waals surface area (Å²) in [5.74, 6) is -0.240. The number of amides is 3. The van der Waals surface area contributed by atoms with Crippen LogP contribution >= 0.6 is 22.6 Å². The van der Waals surface area contributed by atoms with E-state index in [0.717, 1.165) is 19.7 Å². The Morgan fingerprint density at radius 1 is 0.943 bits per heavy atom. The van der Waals surface area contributed by atoms with Crippen molar-refractivity contribution in [1.29, 1.82) is 0 Å². The van der Waals surface area contributed by atoms with Crippen LogP contribution in [0.15, 0.2) is 84.9 Å². The van der Waals surface area contributed by atoms with Gasteiger partial charge in [0, 0.05) is 9.99 Å². The molecule has 0 aliphatic carbocycles. The van der Waals surface area contributed by atoms with E-state index in [1.54, 1.807) is 12.1 Å². The Balaban J connectivity index is 1.41. The van der Waals surface area contributed by atoms with Gasteiger partial charge in [-0.2, -0.15) is 0 Å². The number of nitrogens with one attached hydrogen (secondary N) is 2. The van der Waals surface area contributed by atoms with E-state index >= 15 is 0 Å². The van der Waals surface area contributed by atoms with Crippen molar-refractivity contribution in [3.05, 3.63) is 99.6 Å². The summed E-state index contributed by atoms with van der Waals surface area (Å²) in [7, 11) is 0. The maximum Gasteiger partial charge on any atom is 0.408 e. The molecule has 0 aromatic heterocycles. The molecule has 9 heteroatoms. The molecule has 8 nitrogen and oxygen atoms in total. The normalized spacial score (nSPS) is 15.5. The van der Waals surface area contributed by atoms with Crippen molar-refractivity contribution in [3.8, 4) is 5.75 Å². The molecule has 0 bridgehead atoms. The van der Waals surface area contributed by atoms with Crippen LogP contribution in [-0.2, 0) is 27.4 Å². The molecule has 1 heterocycles. The molecular weight excluding hydrogens is 561 g/mol. The zero-order valence-electron chi connectivity index (χ0n) is 18.7. The Labute approximate surface area is 216 Å². The van der Waals surface area contributed by atoms with Gasteiger partial charge in [0.2, 0.25) is 12.1 Å². The van der Waals surface area contributed by atoms with Crippen LogP contribution in [0.1, 0.15) is 17.5 Å². The smallest absolute Gasteiger partial charge is 0.408 e. The maximum atomic E-state index is 13.1. The van der Waals surface area contributed by atoms with Crippen LogP contribution in [0.25, 0.3) is 0 Å². The summed E-state index contributed by atoms with van der Waals surface area (Å²) in [6.45, 7) is 0.0716. The van der Waals surface area contributed by atoms with E-state index in [0.29, 0.717) is 5.75 Å². The largest absolute Gasteiger partial charge is 0.468 e. The molecular formula is C26H24IN3O5. The SMILES string of the molecule is O=C(N[C@@H](Cc1ccc(I)cc1)C(=O)NN1C(=O)CC1Oc1ccccc1)OCc1ccccc1. The number of nitrogens with zero attached hydrogens (tertiary/aromatic N) is 1. The number of benzene rings is 3. The second kappa shape index (κ2) is 11.7. The van der Waals surface area contributed by atoms with E-state index in [1.165, 1.54) is 0 Å². The quantitative estimate of drug-likeness (QED) is 0.294. The van der Waals surface area contributed by atoms with Crippen LogP contribution in [0.5, 0.6) is 5.75 Å². The molecule has 0 radical (unpaired) electrons. The van der Waals surface area contributed by atoms with E-state index in [-0.39, 0.29) is 25.4 Å². The third kappa shape index (κ3) is 6.95. The van der Waals surface area contributed by atoms with E-state index < -0.39 is 24.3 Å². The number of hydrazine groups is 1. The summed E-state index contributed by atoms with van der Waals surface area (Å²) in [6, 6.07) is 24.9. The fraction of sp³-hybridized carbons (Fsp3) is 0.192. The number of alkyl carbamates (subject to hydrolysis) is 1. The minimum absolute atomic E-state index is 0.0716. The lowest BCUT2D eigenvalue weighted by molar-refractivity contribution is -0.173. The fourth-order valence-electron chi connectivity index (χ4n) is 3.44. The first kappa shape index (κ1) is 24.5. The molecule has 1 unspecified atom stereocenters. The third-order valence-corrected chi connectivity index (χ3v) is 6.05. The fourth-order valence-corrected chi connectivity index (χ4v) is 3.80. The van der Waals surface area contributed by atoms with Gasteiger partial charge >= 0.3 is 6.09 Å². The van der Waals surface area contributed by atoms with E-state index in [9.17, 15) is 14.4 Å². The minimum atomic E-state index is -0.968. The molecule has 1 aliphatic heterocycles. The van der Waals surface area contributed by atoms with E-state index in [4.69, 9.17) is 9.47 Å². The summed E-state index contributed by atoms with van der Waals surface area (Å²) in [4.78, 5) is 37.8. The zero-order valence-corrected chi connectivity index (χ0v) is 20.9. The van der Waals surface area contributed by atoms with Crippen LogP contribution in [0.2, 0.25) is 0 Å². The number of rotatable bonds is 9. The Kier molecular flexibility index (Phi) is 8.19. The van der Waals surface area contributed by atoms with Gasteiger partial charge < -0.3 is 14.8 Å². The van der Waals surface area contributed by atoms with Crippen molar-refractivity contribution in [2.45, 2.75) is 31.7 Å². The van der Waals surface area contributed by atoms with Crippen LogP contribution in [0.3, 0.4) is 0 Å². The molecule has 0 spiro atoms.